The van der Waals surface area contributed by atoms with Gasteiger partial charge in [-0.15, -0.1) is 0 Å². The van der Waals surface area contributed by atoms with Gasteiger partial charge in [0.15, 0.2) is 0 Å². The molecule has 1 rings (SSSR count). The molecule has 5 heteroatoms. The third-order valence-electron chi connectivity index (χ3n) is 2.93. The highest BCUT2D eigenvalue weighted by Gasteiger charge is 2.26. The first-order valence-corrected chi connectivity index (χ1v) is 5.69. The summed E-state index contributed by atoms with van der Waals surface area (Å²) in [5.41, 5.74) is 0. The monoisotopic (exact) mass is 235 g/mol. The van der Waals surface area contributed by atoms with Crippen molar-refractivity contribution in [1.82, 2.24) is 4.90 Å². The van der Waals surface area contributed by atoms with Gasteiger partial charge in [-0.1, -0.05) is 0 Å². The molecule has 1 N–H and O–H groups in total. The quantitative estimate of drug-likeness (QED) is 0.794. The number of likely N-dealkylation sites (tertiary alicyclic amines) is 1. The Hall–Kier alpha value is -0.710. The van der Waals surface area contributed by atoms with E-state index in [-0.39, 0.29) is 18.8 Å². The molecule has 1 aliphatic rings. The highest BCUT2D eigenvalue weighted by Crippen LogP contribution is 2.22. The lowest BCUT2D eigenvalue weighted by Crippen LogP contribution is -2.38. The average Bonchev–Trinajstić information content (AvgIpc) is 2.13. The van der Waals surface area contributed by atoms with Gasteiger partial charge in [0.25, 0.3) is 0 Å². The fraction of sp³-hybridized carbons (Fsp3) is 0.909. The Morgan fingerprint density at radius 3 is 2.81 bits per heavy atom. The van der Waals surface area contributed by atoms with Crippen LogP contribution in [0.15, 0.2) is 0 Å². The van der Waals surface area contributed by atoms with Gasteiger partial charge < -0.3 is 10.0 Å². The van der Waals surface area contributed by atoms with Crippen molar-refractivity contribution >= 4 is 5.97 Å². The number of hydrogen-bond acceptors (Lipinski definition) is 2. The van der Waals surface area contributed by atoms with Crippen LogP contribution < -0.4 is 0 Å². The topological polar surface area (TPSA) is 40.5 Å². The molecule has 1 unspecified atom stereocenters. The maximum Gasteiger partial charge on any atom is 0.303 e. The highest BCUT2D eigenvalue weighted by atomic mass is 19.3. The Morgan fingerprint density at radius 2 is 2.25 bits per heavy atom. The molecule has 0 aromatic carbocycles. The summed E-state index contributed by atoms with van der Waals surface area (Å²) in [7, 11) is 0. The Labute approximate surface area is 94.4 Å². The molecule has 0 saturated carbocycles. The molecule has 0 aromatic heterocycles. The van der Waals surface area contributed by atoms with Gasteiger partial charge >= 0.3 is 5.97 Å². The zero-order valence-corrected chi connectivity index (χ0v) is 9.59. The van der Waals surface area contributed by atoms with Gasteiger partial charge in [0, 0.05) is 25.9 Å². The van der Waals surface area contributed by atoms with Crippen LogP contribution in [-0.4, -0.2) is 41.5 Å². The molecular formula is C11H19F2NO2. The van der Waals surface area contributed by atoms with Gasteiger partial charge in [-0.25, -0.2) is 8.78 Å². The largest absolute Gasteiger partial charge is 0.481 e. The van der Waals surface area contributed by atoms with Crippen molar-refractivity contribution in [2.75, 3.05) is 19.6 Å². The van der Waals surface area contributed by atoms with E-state index in [4.69, 9.17) is 5.11 Å². The van der Waals surface area contributed by atoms with Crippen molar-refractivity contribution in [2.24, 2.45) is 5.92 Å². The molecule has 0 bridgehead atoms. The molecule has 16 heavy (non-hydrogen) atoms. The second-order valence-electron chi connectivity index (χ2n) is 4.73. The van der Waals surface area contributed by atoms with Gasteiger partial charge in [0.05, 0.1) is 0 Å². The molecule has 1 fully saturated rings. The van der Waals surface area contributed by atoms with Gasteiger partial charge in [-0.2, -0.15) is 0 Å². The summed E-state index contributed by atoms with van der Waals surface area (Å²) in [6.07, 6.45) is 1.81. The SMILES string of the molecule is CC(F)(F)CCN1CCCC(CC(=O)O)C1. The Bertz CT molecular complexity index is 241. The number of piperidine rings is 1. The number of nitrogens with zero attached hydrogens (tertiary/aromatic N) is 1. The lowest BCUT2D eigenvalue weighted by molar-refractivity contribution is -0.138. The zero-order valence-electron chi connectivity index (χ0n) is 9.59. The first-order valence-electron chi connectivity index (χ1n) is 5.69. The van der Waals surface area contributed by atoms with Crippen LogP contribution in [-0.2, 0) is 4.79 Å². The number of hydrogen-bond donors (Lipinski definition) is 1. The normalized spacial score (nSPS) is 23.3. The molecule has 0 aliphatic carbocycles. The maximum absolute atomic E-state index is 12.7. The van der Waals surface area contributed by atoms with Gasteiger partial charge in [0.2, 0.25) is 5.92 Å². The summed E-state index contributed by atoms with van der Waals surface area (Å²) in [4.78, 5) is 12.5. The number of carbonyl (C=O) groups is 1. The summed E-state index contributed by atoms with van der Waals surface area (Å²) < 4.78 is 25.3. The van der Waals surface area contributed by atoms with Crippen molar-refractivity contribution in [1.29, 1.82) is 0 Å². The first-order chi connectivity index (χ1) is 7.37. The molecule has 0 spiro atoms. The Morgan fingerprint density at radius 1 is 1.56 bits per heavy atom. The van der Waals surface area contributed by atoms with E-state index in [0.717, 1.165) is 26.3 Å². The van der Waals surface area contributed by atoms with Crippen LogP contribution in [0.3, 0.4) is 0 Å². The molecular weight excluding hydrogens is 216 g/mol. The van der Waals surface area contributed by atoms with Gasteiger partial charge in [-0.05, 0) is 32.2 Å². The van der Waals surface area contributed by atoms with Gasteiger partial charge in [0.1, 0.15) is 0 Å². The van der Waals surface area contributed by atoms with Gasteiger partial charge in [-0.3, -0.25) is 4.79 Å². The van der Waals surface area contributed by atoms with Crippen LogP contribution in [0.4, 0.5) is 8.78 Å². The third kappa shape index (κ3) is 5.39. The zero-order chi connectivity index (χ0) is 12.2. The van der Waals surface area contributed by atoms with E-state index in [0.29, 0.717) is 13.1 Å². The van der Waals surface area contributed by atoms with Crippen molar-refractivity contribution in [3.8, 4) is 0 Å². The van der Waals surface area contributed by atoms with Crippen LogP contribution in [0.25, 0.3) is 0 Å². The summed E-state index contributed by atoms with van der Waals surface area (Å²) in [6.45, 7) is 2.74. The fourth-order valence-electron chi connectivity index (χ4n) is 2.12. The number of rotatable bonds is 5. The molecule has 1 aliphatic heterocycles. The number of aliphatic carboxylic acids is 1. The Kier molecular flexibility index (Phi) is 4.65. The minimum absolute atomic E-state index is 0.122. The number of carboxylic acids is 1. The van der Waals surface area contributed by atoms with E-state index in [1.165, 1.54) is 0 Å². The molecule has 1 heterocycles. The average molecular weight is 235 g/mol. The number of alkyl halides is 2. The summed E-state index contributed by atoms with van der Waals surface area (Å²) in [6, 6.07) is 0. The van der Waals surface area contributed by atoms with E-state index in [1.54, 1.807) is 0 Å². The molecule has 1 saturated heterocycles. The van der Waals surface area contributed by atoms with Crippen LogP contribution >= 0.6 is 0 Å². The molecule has 0 amide bonds. The van der Waals surface area contributed by atoms with Crippen molar-refractivity contribution in [3.05, 3.63) is 0 Å². The van der Waals surface area contributed by atoms with E-state index >= 15 is 0 Å². The van der Waals surface area contributed by atoms with Crippen molar-refractivity contribution in [2.45, 2.75) is 38.5 Å². The molecule has 1 atom stereocenters. The van der Waals surface area contributed by atoms with Crippen molar-refractivity contribution in [3.63, 3.8) is 0 Å². The molecule has 0 radical (unpaired) electrons. The fourth-order valence-corrected chi connectivity index (χ4v) is 2.12. The predicted octanol–water partition coefficient (Wildman–Crippen LogP) is 2.22. The minimum Gasteiger partial charge on any atom is -0.481 e. The van der Waals surface area contributed by atoms with Crippen LogP contribution in [0.1, 0.15) is 32.6 Å². The lowest BCUT2D eigenvalue weighted by Gasteiger charge is -2.32. The summed E-state index contributed by atoms with van der Waals surface area (Å²) in [5, 5.41) is 8.67. The molecule has 0 aromatic rings. The number of halogens is 2. The second kappa shape index (κ2) is 5.57. The second-order valence-corrected chi connectivity index (χ2v) is 4.73. The highest BCUT2D eigenvalue weighted by molar-refractivity contribution is 5.67. The summed E-state index contributed by atoms with van der Waals surface area (Å²) in [5.74, 6) is -3.30. The molecule has 3 nitrogen and oxygen atoms in total. The standard InChI is InChI=1S/C11H19F2NO2/c1-11(12,13)4-6-14-5-2-3-9(8-14)7-10(15)16/h9H,2-8H2,1H3,(H,15,16). The number of carboxylic acid groups (broad SMARTS) is 1. The Balaban J connectivity index is 2.30. The minimum atomic E-state index is -2.63. The lowest BCUT2D eigenvalue weighted by atomic mass is 9.94. The van der Waals surface area contributed by atoms with Crippen LogP contribution in [0.2, 0.25) is 0 Å². The summed E-state index contributed by atoms with van der Waals surface area (Å²) >= 11 is 0. The van der Waals surface area contributed by atoms with Crippen molar-refractivity contribution < 1.29 is 18.7 Å². The smallest absolute Gasteiger partial charge is 0.303 e. The maximum atomic E-state index is 12.7. The van der Waals surface area contributed by atoms with E-state index in [2.05, 4.69) is 0 Å². The van der Waals surface area contributed by atoms with Crippen LogP contribution in [0.5, 0.6) is 0 Å². The predicted molar refractivity (Wildman–Crippen MR) is 56.7 cm³/mol. The van der Waals surface area contributed by atoms with E-state index in [9.17, 15) is 13.6 Å². The van der Waals surface area contributed by atoms with E-state index in [1.807, 2.05) is 4.90 Å². The molecule has 94 valence electrons. The third-order valence-corrected chi connectivity index (χ3v) is 2.93. The van der Waals surface area contributed by atoms with E-state index < -0.39 is 11.9 Å². The first kappa shape index (κ1) is 13.4. The van der Waals surface area contributed by atoms with Crippen LogP contribution in [0, 0.1) is 5.92 Å².